The summed E-state index contributed by atoms with van der Waals surface area (Å²) in [7, 11) is 0. The van der Waals surface area contributed by atoms with E-state index in [2.05, 4.69) is 5.32 Å². The molecule has 1 N–H and O–H groups in total. The van der Waals surface area contributed by atoms with Gasteiger partial charge in [0.15, 0.2) is 12.4 Å². The molecule has 0 saturated heterocycles. The molecule has 0 aliphatic carbocycles. The Morgan fingerprint density at radius 2 is 1.68 bits per heavy atom. The third-order valence-corrected chi connectivity index (χ3v) is 3.42. The minimum atomic E-state index is -0.223. The van der Waals surface area contributed by atoms with Gasteiger partial charge in [0.25, 0.3) is 5.91 Å². The van der Waals surface area contributed by atoms with E-state index in [1.54, 1.807) is 24.3 Å². The molecule has 1 amide bonds. The molecule has 2 rings (SSSR count). The van der Waals surface area contributed by atoms with Crippen LogP contribution in [-0.4, -0.2) is 18.3 Å². The minimum Gasteiger partial charge on any atom is -0.484 e. The molecule has 0 bridgehead atoms. The number of Topliss-reactive ketones (excluding diaryl/α,β-unsaturated/α-hetero) is 1. The number of amides is 1. The first-order valence-corrected chi connectivity index (χ1v) is 7.06. The number of hydrogen-bond acceptors (Lipinski definition) is 3. The van der Waals surface area contributed by atoms with Crippen LogP contribution in [0.2, 0.25) is 0 Å². The first kappa shape index (κ1) is 15.8. The Morgan fingerprint density at radius 3 is 2.27 bits per heavy atom. The van der Waals surface area contributed by atoms with E-state index in [-0.39, 0.29) is 18.3 Å². The largest absolute Gasteiger partial charge is 0.484 e. The minimum absolute atomic E-state index is 0.000895. The lowest BCUT2D eigenvalue weighted by Crippen LogP contribution is -2.20. The number of rotatable bonds is 5. The second-order valence-electron chi connectivity index (χ2n) is 5.22. The van der Waals surface area contributed by atoms with Crippen molar-refractivity contribution < 1.29 is 14.3 Å². The first-order valence-electron chi connectivity index (χ1n) is 7.06. The molecular formula is C18H19NO3. The van der Waals surface area contributed by atoms with Crippen LogP contribution in [0.25, 0.3) is 0 Å². The molecule has 0 fully saturated rings. The van der Waals surface area contributed by atoms with E-state index < -0.39 is 0 Å². The van der Waals surface area contributed by atoms with Crippen LogP contribution < -0.4 is 10.1 Å². The van der Waals surface area contributed by atoms with Gasteiger partial charge in [0.05, 0.1) is 0 Å². The standard InChI is InChI=1S/C18H19NO3/c1-12-4-7-16(10-13(12)2)19-18(21)11-22-17-8-5-15(6-9-17)14(3)20/h4-10H,11H2,1-3H3,(H,19,21). The maximum absolute atomic E-state index is 11.9. The van der Waals surface area contributed by atoms with E-state index in [4.69, 9.17) is 4.74 Å². The Labute approximate surface area is 130 Å². The molecule has 114 valence electrons. The predicted octanol–water partition coefficient (Wildman–Crippen LogP) is 3.52. The molecule has 0 aliphatic rings. The van der Waals surface area contributed by atoms with Crippen LogP contribution in [0.4, 0.5) is 5.69 Å². The summed E-state index contributed by atoms with van der Waals surface area (Å²) in [5, 5.41) is 2.79. The molecule has 0 aromatic heterocycles. The first-order chi connectivity index (χ1) is 10.5. The zero-order valence-corrected chi connectivity index (χ0v) is 13.0. The third-order valence-electron chi connectivity index (χ3n) is 3.42. The fourth-order valence-electron chi connectivity index (χ4n) is 1.95. The van der Waals surface area contributed by atoms with Gasteiger partial charge >= 0.3 is 0 Å². The van der Waals surface area contributed by atoms with Crippen LogP contribution in [0, 0.1) is 13.8 Å². The van der Waals surface area contributed by atoms with Crippen molar-refractivity contribution in [1.82, 2.24) is 0 Å². The summed E-state index contributed by atoms with van der Waals surface area (Å²) in [4.78, 5) is 23.0. The third kappa shape index (κ3) is 4.19. The molecule has 22 heavy (non-hydrogen) atoms. The SMILES string of the molecule is CC(=O)c1ccc(OCC(=O)Nc2ccc(C)c(C)c2)cc1. The van der Waals surface area contributed by atoms with E-state index in [0.717, 1.165) is 11.3 Å². The Kier molecular flexibility index (Phi) is 4.94. The van der Waals surface area contributed by atoms with Gasteiger partial charge in [0.2, 0.25) is 0 Å². The Morgan fingerprint density at radius 1 is 1.00 bits per heavy atom. The summed E-state index contributed by atoms with van der Waals surface area (Å²) in [5.41, 5.74) is 3.67. The molecule has 2 aromatic rings. The van der Waals surface area contributed by atoms with Gasteiger partial charge in [-0.15, -0.1) is 0 Å². The lowest BCUT2D eigenvalue weighted by Gasteiger charge is -2.09. The van der Waals surface area contributed by atoms with Gasteiger partial charge in [0, 0.05) is 11.3 Å². The van der Waals surface area contributed by atoms with Crippen molar-refractivity contribution in [3.8, 4) is 5.75 Å². The maximum atomic E-state index is 11.9. The molecule has 0 saturated carbocycles. The summed E-state index contributed by atoms with van der Waals surface area (Å²) in [6.07, 6.45) is 0. The molecule has 0 radical (unpaired) electrons. The zero-order valence-electron chi connectivity index (χ0n) is 13.0. The lowest BCUT2D eigenvalue weighted by molar-refractivity contribution is -0.118. The number of hydrogen-bond donors (Lipinski definition) is 1. The van der Waals surface area contributed by atoms with Crippen LogP contribution in [-0.2, 0) is 4.79 Å². The van der Waals surface area contributed by atoms with Gasteiger partial charge in [-0.3, -0.25) is 9.59 Å². The molecule has 0 aliphatic heterocycles. The molecule has 4 nitrogen and oxygen atoms in total. The summed E-state index contributed by atoms with van der Waals surface area (Å²) < 4.78 is 5.41. The summed E-state index contributed by atoms with van der Waals surface area (Å²) in [6.45, 7) is 5.45. The smallest absolute Gasteiger partial charge is 0.262 e. The molecule has 0 unspecified atom stereocenters. The van der Waals surface area contributed by atoms with Gasteiger partial charge in [-0.05, 0) is 68.3 Å². The fourth-order valence-corrected chi connectivity index (χ4v) is 1.95. The number of anilines is 1. The van der Waals surface area contributed by atoms with Crippen LogP contribution in [0.15, 0.2) is 42.5 Å². The predicted molar refractivity (Wildman–Crippen MR) is 86.5 cm³/mol. The molecule has 0 heterocycles. The van der Waals surface area contributed by atoms with Crippen molar-refractivity contribution in [2.45, 2.75) is 20.8 Å². The van der Waals surface area contributed by atoms with Crippen LogP contribution in [0.1, 0.15) is 28.4 Å². The molecule has 4 heteroatoms. The Balaban J connectivity index is 1.89. The van der Waals surface area contributed by atoms with E-state index in [1.807, 2.05) is 32.0 Å². The van der Waals surface area contributed by atoms with E-state index in [9.17, 15) is 9.59 Å². The summed E-state index contributed by atoms with van der Waals surface area (Å²) in [5.74, 6) is 0.332. The quantitative estimate of drug-likeness (QED) is 0.859. The topological polar surface area (TPSA) is 55.4 Å². The molecular weight excluding hydrogens is 278 g/mol. The number of ether oxygens (including phenoxy) is 1. The van der Waals surface area contributed by atoms with Gasteiger partial charge in [0.1, 0.15) is 5.75 Å². The van der Waals surface area contributed by atoms with Gasteiger partial charge < -0.3 is 10.1 Å². The number of carbonyl (C=O) groups is 2. The van der Waals surface area contributed by atoms with Gasteiger partial charge in [-0.2, -0.15) is 0 Å². The average Bonchev–Trinajstić information content (AvgIpc) is 2.49. The molecule has 0 atom stereocenters. The van der Waals surface area contributed by atoms with Crippen molar-refractivity contribution >= 4 is 17.4 Å². The molecule has 2 aromatic carbocycles. The summed E-state index contributed by atoms with van der Waals surface area (Å²) >= 11 is 0. The van der Waals surface area contributed by atoms with Crippen molar-refractivity contribution in [3.63, 3.8) is 0 Å². The summed E-state index contributed by atoms with van der Waals surface area (Å²) in [6, 6.07) is 12.5. The monoisotopic (exact) mass is 297 g/mol. The Hall–Kier alpha value is -2.62. The van der Waals surface area contributed by atoms with Crippen molar-refractivity contribution in [2.24, 2.45) is 0 Å². The van der Waals surface area contributed by atoms with Gasteiger partial charge in [-0.1, -0.05) is 6.07 Å². The van der Waals surface area contributed by atoms with Crippen LogP contribution in [0.5, 0.6) is 5.75 Å². The van der Waals surface area contributed by atoms with E-state index in [0.29, 0.717) is 11.3 Å². The number of aryl methyl sites for hydroxylation is 2. The molecule has 0 spiro atoms. The fraction of sp³-hybridized carbons (Fsp3) is 0.222. The zero-order chi connectivity index (χ0) is 16.1. The highest BCUT2D eigenvalue weighted by molar-refractivity contribution is 5.94. The highest BCUT2D eigenvalue weighted by atomic mass is 16.5. The number of ketones is 1. The van der Waals surface area contributed by atoms with Crippen molar-refractivity contribution in [3.05, 3.63) is 59.2 Å². The second kappa shape index (κ2) is 6.89. The van der Waals surface area contributed by atoms with Crippen molar-refractivity contribution in [1.29, 1.82) is 0 Å². The number of nitrogens with one attached hydrogen (secondary N) is 1. The van der Waals surface area contributed by atoms with Crippen molar-refractivity contribution in [2.75, 3.05) is 11.9 Å². The highest BCUT2D eigenvalue weighted by Crippen LogP contribution is 2.15. The normalized spacial score (nSPS) is 10.1. The van der Waals surface area contributed by atoms with Crippen LogP contribution >= 0.6 is 0 Å². The second-order valence-corrected chi connectivity index (χ2v) is 5.22. The van der Waals surface area contributed by atoms with Crippen LogP contribution in [0.3, 0.4) is 0 Å². The average molecular weight is 297 g/mol. The number of carbonyl (C=O) groups excluding carboxylic acids is 2. The lowest BCUT2D eigenvalue weighted by atomic mass is 10.1. The van der Waals surface area contributed by atoms with Gasteiger partial charge in [-0.25, -0.2) is 0 Å². The maximum Gasteiger partial charge on any atom is 0.262 e. The highest BCUT2D eigenvalue weighted by Gasteiger charge is 2.05. The van der Waals surface area contributed by atoms with E-state index in [1.165, 1.54) is 12.5 Å². The van der Waals surface area contributed by atoms with E-state index >= 15 is 0 Å². The number of benzene rings is 2. The Bertz CT molecular complexity index is 690.